The van der Waals surface area contributed by atoms with Crippen LogP contribution in [0.3, 0.4) is 0 Å². The molecule has 0 aliphatic rings. The molecule has 0 aliphatic heterocycles. The number of rotatable bonds is 12. The molecule has 1 aromatic carbocycles. The number of halogens is 1. The second-order valence-corrected chi connectivity index (χ2v) is 5.95. The van der Waals surface area contributed by atoms with Crippen LogP contribution in [0.2, 0.25) is 0 Å². The van der Waals surface area contributed by atoms with Crippen molar-refractivity contribution in [3.05, 3.63) is 48.0 Å². The van der Waals surface area contributed by atoms with Crippen LogP contribution in [0.5, 0.6) is 0 Å². The Morgan fingerprint density at radius 1 is 1.18 bits per heavy atom. The zero-order valence-corrected chi connectivity index (χ0v) is 18.7. The lowest BCUT2D eigenvalue weighted by atomic mass is 10.1. The summed E-state index contributed by atoms with van der Waals surface area (Å²) >= 11 is 0. The third-order valence-corrected chi connectivity index (χ3v) is 3.95. The predicted molar refractivity (Wildman–Crippen MR) is 121 cm³/mol. The summed E-state index contributed by atoms with van der Waals surface area (Å²) in [5.41, 5.74) is 1.28. The molecule has 3 N–H and O–H groups in total. The summed E-state index contributed by atoms with van der Waals surface area (Å²) in [6.45, 7) is 5.75. The van der Waals surface area contributed by atoms with Gasteiger partial charge in [-0.3, -0.25) is 4.99 Å². The van der Waals surface area contributed by atoms with Gasteiger partial charge in [0.2, 0.25) is 0 Å². The van der Waals surface area contributed by atoms with Crippen molar-refractivity contribution in [1.29, 1.82) is 0 Å². The third-order valence-electron chi connectivity index (χ3n) is 3.95. The summed E-state index contributed by atoms with van der Waals surface area (Å²) in [6, 6.07) is 10.4. The Bertz CT molecular complexity index is 665. The lowest BCUT2D eigenvalue weighted by Gasteiger charge is -2.13. The molecular formula is C19H31IN6O2. The van der Waals surface area contributed by atoms with Crippen molar-refractivity contribution in [3.63, 3.8) is 0 Å². The Hall–Kier alpha value is -1.72. The van der Waals surface area contributed by atoms with Crippen LogP contribution in [0.4, 0.5) is 0 Å². The number of aryl methyl sites for hydroxylation is 1. The first-order valence-electron chi connectivity index (χ1n) is 9.45. The highest BCUT2D eigenvalue weighted by Gasteiger charge is 2.03. The Kier molecular flexibility index (Phi) is 13.2. The molecule has 0 spiro atoms. The first kappa shape index (κ1) is 24.3. The van der Waals surface area contributed by atoms with E-state index < -0.39 is 0 Å². The lowest BCUT2D eigenvalue weighted by Crippen LogP contribution is -2.40. The Morgan fingerprint density at radius 2 is 1.96 bits per heavy atom. The molecule has 0 aliphatic carbocycles. The molecule has 2 rings (SSSR count). The van der Waals surface area contributed by atoms with Gasteiger partial charge in [0.1, 0.15) is 12.2 Å². The number of aliphatic hydroxyl groups is 1. The van der Waals surface area contributed by atoms with Gasteiger partial charge in [0.05, 0.1) is 26.4 Å². The number of hydrogen-bond donors (Lipinski definition) is 3. The summed E-state index contributed by atoms with van der Waals surface area (Å²) in [7, 11) is 0. The van der Waals surface area contributed by atoms with Gasteiger partial charge in [0, 0.05) is 26.1 Å². The average Bonchev–Trinajstić information content (AvgIpc) is 3.15. The van der Waals surface area contributed by atoms with E-state index in [9.17, 15) is 0 Å². The Morgan fingerprint density at radius 3 is 2.71 bits per heavy atom. The molecule has 1 aromatic heterocycles. The minimum Gasteiger partial charge on any atom is -0.394 e. The maximum absolute atomic E-state index is 8.75. The van der Waals surface area contributed by atoms with E-state index in [1.807, 2.05) is 22.8 Å². The van der Waals surface area contributed by atoms with Gasteiger partial charge in [-0.15, -0.1) is 34.2 Å². The summed E-state index contributed by atoms with van der Waals surface area (Å²) < 4.78 is 7.31. The number of aliphatic hydroxyl groups excluding tert-OH is 1. The summed E-state index contributed by atoms with van der Waals surface area (Å²) in [5.74, 6) is 1.73. The summed E-state index contributed by atoms with van der Waals surface area (Å²) in [4.78, 5) is 4.54. The van der Waals surface area contributed by atoms with Gasteiger partial charge < -0.3 is 25.0 Å². The molecule has 28 heavy (non-hydrogen) atoms. The standard InChI is InChI=1S/C19H30N6O2.HI/c1-2-18-24-23-16-25(18)12-10-21-19(22-11-14-27-15-13-26)20-9-8-17-6-4-3-5-7-17;/h3-7,16,26H,2,8-15H2,1H3,(H2,20,21,22);1H. The van der Waals surface area contributed by atoms with Gasteiger partial charge in [-0.25, -0.2) is 0 Å². The first-order chi connectivity index (χ1) is 13.3. The molecule has 0 atom stereocenters. The minimum absolute atomic E-state index is 0. The van der Waals surface area contributed by atoms with Crippen LogP contribution in [0.25, 0.3) is 0 Å². The fraction of sp³-hybridized carbons (Fsp3) is 0.526. The van der Waals surface area contributed by atoms with Gasteiger partial charge in [0.25, 0.3) is 0 Å². The van der Waals surface area contributed by atoms with Crippen molar-refractivity contribution in [2.45, 2.75) is 26.3 Å². The zero-order chi connectivity index (χ0) is 19.2. The maximum Gasteiger partial charge on any atom is 0.191 e. The van der Waals surface area contributed by atoms with Crippen molar-refractivity contribution < 1.29 is 9.84 Å². The van der Waals surface area contributed by atoms with Crippen molar-refractivity contribution in [3.8, 4) is 0 Å². The Labute approximate surface area is 183 Å². The molecule has 0 amide bonds. The van der Waals surface area contributed by atoms with Crippen molar-refractivity contribution in [2.75, 3.05) is 39.5 Å². The first-order valence-corrected chi connectivity index (χ1v) is 9.45. The molecule has 8 nitrogen and oxygen atoms in total. The zero-order valence-electron chi connectivity index (χ0n) is 16.4. The normalized spacial score (nSPS) is 11.1. The highest BCUT2D eigenvalue weighted by Crippen LogP contribution is 1.98. The average molecular weight is 502 g/mol. The maximum atomic E-state index is 8.75. The van der Waals surface area contributed by atoms with Crippen molar-refractivity contribution in [2.24, 2.45) is 4.99 Å². The van der Waals surface area contributed by atoms with Crippen LogP contribution in [0.15, 0.2) is 41.7 Å². The van der Waals surface area contributed by atoms with E-state index in [0.29, 0.717) is 19.8 Å². The third kappa shape index (κ3) is 9.47. The summed E-state index contributed by atoms with van der Waals surface area (Å²) in [6.07, 6.45) is 3.54. The quantitative estimate of drug-likeness (QED) is 0.175. The highest BCUT2D eigenvalue weighted by molar-refractivity contribution is 14.0. The molecule has 0 saturated carbocycles. The molecule has 1 heterocycles. The SMILES string of the molecule is CCc1nncn1CCNC(=NCCOCCO)NCCc1ccccc1.I. The van der Waals surface area contributed by atoms with Crippen LogP contribution in [0.1, 0.15) is 18.3 Å². The van der Waals surface area contributed by atoms with Gasteiger partial charge >= 0.3 is 0 Å². The van der Waals surface area contributed by atoms with E-state index in [-0.39, 0.29) is 30.6 Å². The van der Waals surface area contributed by atoms with Gasteiger partial charge in [0.15, 0.2) is 5.96 Å². The number of hydrogen-bond acceptors (Lipinski definition) is 5. The van der Waals surface area contributed by atoms with Gasteiger partial charge in [-0.05, 0) is 12.0 Å². The molecule has 0 unspecified atom stereocenters. The monoisotopic (exact) mass is 502 g/mol. The molecule has 0 radical (unpaired) electrons. The van der Waals surface area contributed by atoms with E-state index >= 15 is 0 Å². The molecule has 2 aromatic rings. The molecule has 0 saturated heterocycles. The van der Waals surface area contributed by atoms with Crippen LogP contribution >= 0.6 is 24.0 Å². The van der Waals surface area contributed by atoms with E-state index in [1.54, 1.807) is 6.33 Å². The van der Waals surface area contributed by atoms with Crippen LogP contribution in [0, 0.1) is 0 Å². The number of nitrogens with zero attached hydrogens (tertiary/aromatic N) is 4. The van der Waals surface area contributed by atoms with E-state index in [2.05, 4.69) is 44.9 Å². The minimum atomic E-state index is 0. The molecule has 9 heteroatoms. The van der Waals surface area contributed by atoms with Crippen LogP contribution < -0.4 is 10.6 Å². The molecule has 0 fully saturated rings. The van der Waals surface area contributed by atoms with Crippen molar-refractivity contribution >= 4 is 29.9 Å². The topological polar surface area (TPSA) is 96.6 Å². The number of ether oxygens (including phenoxy) is 1. The molecular weight excluding hydrogens is 471 g/mol. The van der Waals surface area contributed by atoms with Gasteiger partial charge in [-0.1, -0.05) is 37.3 Å². The van der Waals surface area contributed by atoms with E-state index in [1.165, 1.54) is 5.56 Å². The number of aliphatic imine (C=N–C) groups is 1. The lowest BCUT2D eigenvalue weighted by molar-refractivity contribution is 0.0977. The number of benzene rings is 1. The van der Waals surface area contributed by atoms with E-state index in [0.717, 1.165) is 44.3 Å². The second-order valence-electron chi connectivity index (χ2n) is 5.95. The number of aromatic nitrogens is 3. The van der Waals surface area contributed by atoms with Crippen LogP contribution in [-0.4, -0.2) is 65.3 Å². The molecule has 0 bridgehead atoms. The number of guanidine groups is 1. The molecule has 156 valence electrons. The van der Waals surface area contributed by atoms with E-state index in [4.69, 9.17) is 9.84 Å². The van der Waals surface area contributed by atoms with Crippen LogP contribution in [-0.2, 0) is 24.1 Å². The Balaban J connectivity index is 0.00000392. The largest absolute Gasteiger partial charge is 0.394 e. The number of nitrogens with one attached hydrogen (secondary N) is 2. The summed E-state index contributed by atoms with van der Waals surface area (Å²) in [5, 5.41) is 23.5. The highest BCUT2D eigenvalue weighted by atomic mass is 127. The predicted octanol–water partition coefficient (Wildman–Crippen LogP) is 1.25. The van der Waals surface area contributed by atoms with Crippen molar-refractivity contribution in [1.82, 2.24) is 25.4 Å². The fourth-order valence-corrected chi connectivity index (χ4v) is 2.57. The van der Waals surface area contributed by atoms with Gasteiger partial charge in [-0.2, -0.15) is 0 Å². The fourth-order valence-electron chi connectivity index (χ4n) is 2.57. The smallest absolute Gasteiger partial charge is 0.191 e. The second kappa shape index (κ2) is 15.2.